The number of ether oxygens (including phenoxy) is 4. The van der Waals surface area contributed by atoms with Crippen LogP contribution in [0.1, 0.15) is 26.9 Å². The Labute approximate surface area is 137 Å². The van der Waals surface area contributed by atoms with E-state index in [9.17, 15) is 0 Å². The lowest BCUT2D eigenvalue weighted by Gasteiger charge is -2.33. The summed E-state index contributed by atoms with van der Waals surface area (Å²) < 4.78 is 37.9. The number of rotatable bonds is 4. The lowest BCUT2D eigenvalue weighted by molar-refractivity contribution is 0.0277. The van der Waals surface area contributed by atoms with Gasteiger partial charge < -0.3 is 24.7 Å². The van der Waals surface area contributed by atoms with E-state index in [1.165, 1.54) is 19.2 Å². The molecule has 2 atom stereocenters. The zero-order valence-electron chi connectivity index (χ0n) is 15.2. The predicted molar refractivity (Wildman–Crippen MR) is 85.1 cm³/mol. The lowest BCUT2D eigenvalue weighted by Crippen LogP contribution is -2.31. The summed E-state index contributed by atoms with van der Waals surface area (Å²) in [7, 11) is 3.04. The number of nitrogens with zero attached hydrogens (tertiary/aromatic N) is 1. The van der Waals surface area contributed by atoms with Crippen LogP contribution in [-0.4, -0.2) is 25.3 Å². The molecule has 2 heterocycles. The van der Waals surface area contributed by atoms with Crippen LogP contribution in [0.5, 0.6) is 23.1 Å². The van der Waals surface area contributed by atoms with Gasteiger partial charge in [0, 0.05) is 27.1 Å². The Morgan fingerprint density at radius 2 is 2.09 bits per heavy atom. The van der Waals surface area contributed by atoms with Gasteiger partial charge in [-0.2, -0.15) is 0 Å². The van der Waals surface area contributed by atoms with Crippen LogP contribution >= 0.6 is 0 Å². The summed E-state index contributed by atoms with van der Waals surface area (Å²) in [6.07, 6.45) is 0.972. The predicted octanol–water partition coefficient (Wildman–Crippen LogP) is 2.46. The normalized spacial score (nSPS) is 21.2. The second-order valence-electron chi connectivity index (χ2n) is 5.15. The van der Waals surface area contributed by atoms with E-state index in [0.29, 0.717) is 23.1 Å². The molecule has 0 bridgehead atoms. The van der Waals surface area contributed by atoms with E-state index >= 15 is 0 Å². The molecule has 0 saturated carbocycles. The topological polar surface area (TPSA) is 75.8 Å². The van der Waals surface area contributed by atoms with Crippen LogP contribution in [0.4, 0.5) is 0 Å². The van der Waals surface area contributed by atoms with Crippen molar-refractivity contribution >= 4 is 0 Å². The van der Waals surface area contributed by atoms with Crippen molar-refractivity contribution in [3.8, 4) is 23.1 Å². The van der Waals surface area contributed by atoms with Gasteiger partial charge in [0.2, 0.25) is 11.6 Å². The van der Waals surface area contributed by atoms with Crippen molar-refractivity contribution in [1.29, 1.82) is 0 Å². The number of aromatic nitrogens is 1. The monoisotopic (exact) mass is 318 g/mol. The van der Waals surface area contributed by atoms with E-state index in [4.69, 9.17) is 27.4 Å². The smallest absolute Gasteiger partial charge is 0.212 e. The van der Waals surface area contributed by atoms with Gasteiger partial charge in [-0.15, -0.1) is 0 Å². The average Bonchev–Trinajstić information content (AvgIpc) is 2.59. The number of methoxy groups -OCH3 is 2. The molecule has 0 fully saturated rings. The molecule has 6 nitrogen and oxygen atoms in total. The van der Waals surface area contributed by atoms with Gasteiger partial charge in [-0.1, -0.05) is 0 Å². The summed E-state index contributed by atoms with van der Waals surface area (Å²) in [6, 6.07) is 6.67. The summed E-state index contributed by atoms with van der Waals surface area (Å²) in [4.78, 5) is 4.20. The van der Waals surface area contributed by atoms with Crippen molar-refractivity contribution in [2.75, 3.05) is 14.2 Å². The van der Waals surface area contributed by atoms with Crippen molar-refractivity contribution in [1.82, 2.24) is 4.98 Å². The molecule has 0 unspecified atom stereocenters. The minimum absolute atomic E-state index is 0.253. The van der Waals surface area contributed by atoms with Gasteiger partial charge in [0.15, 0.2) is 17.6 Å². The first-order chi connectivity index (χ1) is 11.8. The van der Waals surface area contributed by atoms with Crippen molar-refractivity contribution in [3.63, 3.8) is 0 Å². The Balaban J connectivity index is 1.98. The van der Waals surface area contributed by atoms with E-state index in [2.05, 4.69) is 4.98 Å². The van der Waals surface area contributed by atoms with Gasteiger partial charge in [-0.3, -0.25) is 0 Å². The average molecular weight is 318 g/mol. The fraction of sp³-hybridized carbons (Fsp3) is 0.353. The molecule has 0 spiro atoms. The maximum absolute atomic E-state index is 7.70. The van der Waals surface area contributed by atoms with Crippen molar-refractivity contribution in [3.05, 3.63) is 41.6 Å². The van der Waals surface area contributed by atoms with E-state index in [1.54, 1.807) is 19.4 Å². The highest BCUT2D eigenvalue weighted by molar-refractivity contribution is 5.55. The molecule has 6 heteroatoms. The standard InChI is InChI=1S/C17H20N2O4/c1-10-16(12-4-5-15(21-3)19-9-12)23-17-13(20-2)6-11(8-18)7-14(17)22-10/h4-7,9-10,16H,8,18H2,1-3H3/t10-,16+/m0/s1/i8D2. The Morgan fingerprint density at radius 1 is 1.26 bits per heavy atom. The van der Waals surface area contributed by atoms with Crippen molar-refractivity contribution in [2.24, 2.45) is 5.73 Å². The third-order valence-electron chi connectivity index (χ3n) is 3.69. The van der Waals surface area contributed by atoms with Gasteiger partial charge in [0.25, 0.3) is 0 Å². The quantitative estimate of drug-likeness (QED) is 0.933. The number of hydrogen-bond donors (Lipinski definition) is 1. The van der Waals surface area contributed by atoms with E-state index in [-0.39, 0.29) is 17.8 Å². The maximum Gasteiger partial charge on any atom is 0.212 e. The highest BCUT2D eigenvalue weighted by Gasteiger charge is 2.32. The van der Waals surface area contributed by atoms with Crippen LogP contribution in [0, 0.1) is 0 Å². The Morgan fingerprint density at radius 3 is 2.70 bits per heavy atom. The van der Waals surface area contributed by atoms with E-state index in [0.717, 1.165) is 5.56 Å². The van der Waals surface area contributed by atoms with Crippen molar-refractivity contribution in [2.45, 2.75) is 25.6 Å². The summed E-state index contributed by atoms with van der Waals surface area (Å²) in [5.41, 5.74) is 6.64. The van der Waals surface area contributed by atoms with Crippen LogP contribution in [-0.2, 0) is 6.50 Å². The molecule has 0 aliphatic carbocycles. The van der Waals surface area contributed by atoms with Gasteiger partial charge in [0.05, 0.1) is 14.2 Å². The zero-order chi connectivity index (χ0) is 18.2. The summed E-state index contributed by atoms with van der Waals surface area (Å²) >= 11 is 0. The number of pyridine rings is 1. The van der Waals surface area contributed by atoms with Crippen LogP contribution in [0.3, 0.4) is 0 Å². The van der Waals surface area contributed by atoms with Gasteiger partial charge in [0.1, 0.15) is 6.10 Å². The Bertz CT molecular complexity index is 762. The van der Waals surface area contributed by atoms with Crippen LogP contribution in [0.15, 0.2) is 30.5 Å². The first kappa shape index (κ1) is 13.0. The summed E-state index contributed by atoms with van der Waals surface area (Å²) in [6.45, 7) is -0.139. The Hall–Kier alpha value is -2.47. The zero-order valence-corrected chi connectivity index (χ0v) is 13.2. The molecule has 1 aromatic carbocycles. The highest BCUT2D eigenvalue weighted by atomic mass is 16.6. The number of hydrogen-bond acceptors (Lipinski definition) is 6. The molecule has 0 saturated heterocycles. The third-order valence-corrected chi connectivity index (χ3v) is 3.69. The summed E-state index contributed by atoms with van der Waals surface area (Å²) in [5, 5.41) is 0. The molecular weight excluding hydrogens is 296 g/mol. The molecule has 1 aliphatic rings. The van der Waals surface area contributed by atoms with Gasteiger partial charge in [-0.25, -0.2) is 4.98 Å². The molecule has 0 amide bonds. The molecule has 0 radical (unpaired) electrons. The molecule has 1 aliphatic heterocycles. The van der Waals surface area contributed by atoms with Gasteiger partial charge >= 0.3 is 0 Å². The molecule has 23 heavy (non-hydrogen) atoms. The Kier molecular flexibility index (Phi) is 3.59. The molecule has 1 aromatic heterocycles. The maximum atomic E-state index is 7.70. The molecule has 122 valence electrons. The first-order valence-corrected chi connectivity index (χ1v) is 7.18. The fourth-order valence-corrected chi connectivity index (χ4v) is 2.52. The second kappa shape index (κ2) is 6.34. The summed E-state index contributed by atoms with van der Waals surface area (Å²) in [5.74, 6) is 1.68. The minimum Gasteiger partial charge on any atom is -0.493 e. The number of benzene rings is 1. The third kappa shape index (κ3) is 2.90. The molecule has 2 aromatic rings. The highest BCUT2D eigenvalue weighted by Crippen LogP contribution is 2.46. The first-order valence-electron chi connectivity index (χ1n) is 8.18. The largest absolute Gasteiger partial charge is 0.493 e. The fourth-order valence-electron chi connectivity index (χ4n) is 2.52. The SMILES string of the molecule is [2H]C([2H])(N)c1cc(OC)c2c(c1)O[C@@H](C)[C@H](c1ccc(OC)nc1)O2. The molecule has 3 rings (SSSR count). The van der Waals surface area contributed by atoms with E-state index in [1.807, 2.05) is 13.0 Å². The van der Waals surface area contributed by atoms with Crippen LogP contribution in [0.25, 0.3) is 0 Å². The molecular formula is C17H20N2O4. The van der Waals surface area contributed by atoms with Gasteiger partial charge in [-0.05, 0) is 30.7 Å². The molecule has 2 N–H and O–H groups in total. The van der Waals surface area contributed by atoms with Crippen LogP contribution in [0.2, 0.25) is 0 Å². The number of fused-ring (bicyclic) bond motifs is 1. The van der Waals surface area contributed by atoms with E-state index < -0.39 is 6.50 Å². The van der Waals surface area contributed by atoms with Crippen molar-refractivity contribution < 1.29 is 21.7 Å². The lowest BCUT2D eigenvalue weighted by atomic mass is 10.0. The van der Waals surface area contributed by atoms with Crippen LogP contribution < -0.4 is 24.7 Å². The minimum atomic E-state index is -2.01. The second-order valence-corrected chi connectivity index (χ2v) is 5.15. The number of nitrogens with two attached hydrogens (primary N) is 1.